The summed E-state index contributed by atoms with van der Waals surface area (Å²) in [5.41, 5.74) is 4.07. The van der Waals surface area contributed by atoms with Gasteiger partial charge in [-0.15, -0.1) is 18.5 Å². The fourth-order valence-corrected chi connectivity index (χ4v) is 1.94. The first-order chi connectivity index (χ1) is 5.41. The van der Waals surface area contributed by atoms with Crippen LogP contribution in [-0.4, -0.2) is 0 Å². The van der Waals surface area contributed by atoms with E-state index in [4.69, 9.17) is 0 Å². The molecule has 1 rings (SSSR count). The van der Waals surface area contributed by atoms with E-state index in [1.54, 1.807) is 0 Å². The van der Waals surface area contributed by atoms with Crippen molar-refractivity contribution in [2.45, 2.75) is 25.7 Å². The van der Waals surface area contributed by atoms with Crippen molar-refractivity contribution in [3.05, 3.63) is 34.9 Å². The summed E-state index contributed by atoms with van der Waals surface area (Å²) in [6, 6.07) is 6.58. The van der Waals surface area contributed by atoms with Gasteiger partial charge in [-0.2, -0.15) is 0 Å². The molecule has 0 nitrogen and oxygen atoms in total. The third-order valence-corrected chi connectivity index (χ3v) is 2.60. The molecule has 0 amide bonds. The minimum atomic E-state index is 0.107. The molecule has 0 fully saturated rings. The van der Waals surface area contributed by atoms with E-state index in [0.717, 1.165) is 0 Å². The number of rotatable bonds is 1. The van der Waals surface area contributed by atoms with Crippen LogP contribution in [0.2, 0.25) is 0 Å². The van der Waals surface area contributed by atoms with Gasteiger partial charge in [-0.1, -0.05) is 23.8 Å². The number of hydrogen-bond acceptors (Lipinski definition) is 0. The average molecular weight is 198 g/mol. The van der Waals surface area contributed by atoms with Crippen LogP contribution in [0, 0.1) is 13.8 Å². The summed E-state index contributed by atoms with van der Waals surface area (Å²) in [4.78, 5) is 0.107. The lowest BCUT2D eigenvalue weighted by Gasteiger charge is -2.21. The van der Waals surface area contributed by atoms with Gasteiger partial charge in [0.15, 0.2) is 0 Å². The standard InChI is InChI=1S/C10H16P2/c1-7-4-5-8(2)9(6-7)10(3,11)12/h4-6H,11-12H2,1-3H3. The predicted molar refractivity (Wildman–Crippen MR) is 62.7 cm³/mol. The number of benzene rings is 1. The van der Waals surface area contributed by atoms with Crippen molar-refractivity contribution in [1.82, 2.24) is 0 Å². The Balaban J connectivity index is 3.23. The van der Waals surface area contributed by atoms with Gasteiger partial charge >= 0.3 is 0 Å². The van der Waals surface area contributed by atoms with Gasteiger partial charge in [-0.3, -0.25) is 0 Å². The first-order valence-electron chi connectivity index (χ1n) is 4.07. The van der Waals surface area contributed by atoms with Crippen molar-refractivity contribution in [2.75, 3.05) is 0 Å². The zero-order valence-electron chi connectivity index (χ0n) is 7.89. The van der Waals surface area contributed by atoms with Crippen LogP contribution in [0.15, 0.2) is 18.2 Å². The monoisotopic (exact) mass is 198 g/mol. The van der Waals surface area contributed by atoms with Crippen molar-refractivity contribution >= 4 is 18.5 Å². The minimum absolute atomic E-state index is 0.107. The van der Waals surface area contributed by atoms with Crippen LogP contribution >= 0.6 is 18.5 Å². The Morgan fingerprint density at radius 2 is 1.75 bits per heavy atom. The maximum Gasteiger partial charge on any atom is 0.0212 e. The normalized spacial score (nSPS) is 11.8. The van der Waals surface area contributed by atoms with Gasteiger partial charge in [0, 0.05) is 4.90 Å². The third-order valence-electron chi connectivity index (χ3n) is 1.97. The lowest BCUT2D eigenvalue weighted by atomic mass is 10.0. The van der Waals surface area contributed by atoms with Crippen LogP contribution in [0.1, 0.15) is 23.6 Å². The SMILES string of the molecule is Cc1ccc(C)c(C(C)(P)P)c1. The molecule has 0 heterocycles. The van der Waals surface area contributed by atoms with Crippen LogP contribution in [0.4, 0.5) is 0 Å². The van der Waals surface area contributed by atoms with E-state index < -0.39 is 0 Å². The molecule has 0 saturated heterocycles. The highest BCUT2D eigenvalue weighted by molar-refractivity contribution is 7.38. The van der Waals surface area contributed by atoms with Gasteiger partial charge < -0.3 is 0 Å². The van der Waals surface area contributed by atoms with Gasteiger partial charge in [-0.05, 0) is 31.9 Å². The maximum atomic E-state index is 2.85. The van der Waals surface area contributed by atoms with Crippen LogP contribution in [-0.2, 0) is 4.90 Å². The summed E-state index contributed by atoms with van der Waals surface area (Å²) in [6.07, 6.45) is 0. The second-order valence-corrected chi connectivity index (χ2v) is 6.67. The number of hydrogen-bond donors (Lipinski definition) is 0. The molecule has 12 heavy (non-hydrogen) atoms. The molecule has 2 atom stereocenters. The highest BCUT2D eigenvalue weighted by Crippen LogP contribution is 2.39. The van der Waals surface area contributed by atoms with E-state index in [0.29, 0.717) is 0 Å². The molecule has 1 aromatic carbocycles. The van der Waals surface area contributed by atoms with Crippen molar-refractivity contribution in [3.8, 4) is 0 Å². The molecule has 0 aliphatic rings. The van der Waals surface area contributed by atoms with E-state index in [2.05, 4.69) is 57.4 Å². The van der Waals surface area contributed by atoms with Gasteiger partial charge in [0.2, 0.25) is 0 Å². The predicted octanol–water partition coefficient (Wildman–Crippen LogP) is 3.23. The Labute approximate surface area is 79.6 Å². The van der Waals surface area contributed by atoms with Crippen LogP contribution in [0.25, 0.3) is 0 Å². The van der Waals surface area contributed by atoms with Gasteiger partial charge in [0.05, 0.1) is 0 Å². The molecule has 0 bridgehead atoms. The van der Waals surface area contributed by atoms with Crippen molar-refractivity contribution in [3.63, 3.8) is 0 Å². The van der Waals surface area contributed by atoms with Crippen molar-refractivity contribution in [2.24, 2.45) is 0 Å². The van der Waals surface area contributed by atoms with E-state index in [1.165, 1.54) is 16.7 Å². The molecule has 66 valence electrons. The van der Waals surface area contributed by atoms with Gasteiger partial charge in [0.1, 0.15) is 0 Å². The highest BCUT2D eigenvalue weighted by atomic mass is 31.1. The molecule has 2 heteroatoms. The smallest absolute Gasteiger partial charge is 0.0212 e. The molecule has 0 spiro atoms. The molecule has 0 aromatic heterocycles. The largest absolute Gasteiger partial charge is 0.123 e. The van der Waals surface area contributed by atoms with E-state index in [1.807, 2.05) is 0 Å². The van der Waals surface area contributed by atoms with Crippen molar-refractivity contribution in [1.29, 1.82) is 0 Å². The summed E-state index contributed by atoms with van der Waals surface area (Å²) in [6.45, 7) is 6.47. The lowest BCUT2D eigenvalue weighted by Crippen LogP contribution is -2.04. The summed E-state index contributed by atoms with van der Waals surface area (Å²) >= 11 is 0. The van der Waals surface area contributed by atoms with E-state index >= 15 is 0 Å². The van der Waals surface area contributed by atoms with Gasteiger partial charge in [0.25, 0.3) is 0 Å². The topological polar surface area (TPSA) is 0 Å². The molecule has 0 aliphatic carbocycles. The Morgan fingerprint density at radius 1 is 1.17 bits per heavy atom. The van der Waals surface area contributed by atoms with E-state index in [9.17, 15) is 0 Å². The molecular weight excluding hydrogens is 182 g/mol. The van der Waals surface area contributed by atoms with Crippen LogP contribution < -0.4 is 0 Å². The first-order valence-corrected chi connectivity index (χ1v) is 5.22. The molecular formula is C10H16P2. The van der Waals surface area contributed by atoms with Crippen LogP contribution in [0.3, 0.4) is 0 Å². The van der Waals surface area contributed by atoms with E-state index in [-0.39, 0.29) is 4.90 Å². The lowest BCUT2D eigenvalue weighted by molar-refractivity contribution is 0.991. The minimum Gasteiger partial charge on any atom is -0.123 e. The zero-order valence-corrected chi connectivity index (χ0v) is 10.2. The highest BCUT2D eigenvalue weighted by Gasteiger charge is 2.15. The van der Waals surface area contributed by atoms with Crippen LogP contribution in [0.5, 0.6) is 0 Å². The maximum absolute atomic E-state index is 2.85. The zero-order chi connectivity index (χ0) is 9.35. The Hall–Kier alpha value is 0.0800. The van der Waals surface area contributed by atoms with Gasteiger partial charge in [-0.25, -0.2) is 0 Å². The fourth-order valence-electron chi connectivity index (χ4n) is 1.32. The summed E-state index contributed by atoms with van der Waals surface area (Å²) < 4.78 is 0. The Bertz CT molecular complexity index is 284. The third kappa shape index (κ3) is 2.28. The summed E-state index contributed by atoms with van der Waals surface area (Å²) in [7, 11) is 5.70. The van der Waals surface area contributed by atoms with Crippen molar-refractivity contribution < 1.29 is 0 Å². The molecule has 0 radical (unpaired) electrons. The summed E-state index contributed by atoms with van der Waals surface area (Å²) in [5, 5.41) is 0. The second-order valence-electron chi connectivity index (χ2n) is 3.60. The average Bonchev–Trinajstić information content (AvgIpc) is 1.92. The molecule has 1 aromatic rings. The molecule has 2 unspecified atom stereocenters. The molecule has 0 saturated carbocycles. The quantitative estimate of drug-likeness (QED) is 0.608. The fraction of sp³-hybridized carbons (Fsp3) is 0.400. The Morgan fingerprint density at radius 3 is 2.17 bits per heavy atom. The summed E-state index contributed by atoms with van der Waals surface area (Å²) in [5.74, 6) is 0. The molecule has 0 aliphatic heterocycles. The molecule has 0 N–H and O–H groups in total. The first kappa shape index (κ1) is 10.2. The Kier molecular flexibility index (Phi) is 2.92. The second kappa shape index (κ2) is 3.44. The number of aryl methyl sites for hydroxylation is 2.